The van der Waals surface area contributed by atoms with Crippen molar-refractivity contribution in [2.75, 3.05) is 19.6 Å². The summed E-state index contributed by atoms with van der Waals surface area (Å²) in [5.41, 5.74) is 2.43. The Balaban J connectivity index is 1.76. The highest BCUT2D eigenvalue weighted by molar-refractivity contribution is 9.10. The molecule has 0 unspecified atom stereocenters. The Kier molecular flexibility index (Phi) is 5.40. The maximum absolute atomic E-state index is 12.0. The number of amides is 1. The topological polar surface area (TPSA) is 32.3 Å². The van der Waals surface area contributed by atoms with Crippen LogP contribution in [-0.4, -0.2) is 30.4 Å². The summed E-state index contributed by atoms with van der Waals surface area (Å²) in [4.78, 5) is 13.9. The first-order valence-electron chi connectivity index (χ1n) is 6.90. The number of hydrogen-bond acceptors (Lipinski definition) is 2. The lowest BCUT2D eigenvalue weighted by molar-refractivity contribution is -0.131. The van der Waals surface area contributed by atoms with Gasteiger partial charge in [-0.1, -0.05) is 28.1 Å². The summed E-state index contributed by atoms with van der Waals surface area (Å²) >= 11 is 3.53. The Labute approximate surface area is 123 Å². The van der Waals surface area contributed by atoms with Crippen LogP contribution in [0.1, 0.15) is 30.4 Å². The molecule has 104 valence electrons. The third kappa shape index (κ3) is 4.32. The third-order valence-corrected chi connectivity index (χ3v) is 4.40. The van der Waals surface area contributed by atoms with Crippen molar-refractivity contribution in [2.45, 2.75) is 32.7 Å². The molecule has 4 heteroatoms. The van der Waals surface area contributed by atoms with E-state index in [0.717, 1.165) is 36.9 Å². The molecule has 0 atom stereocenters. The van der Waals surface area contributed by atoms with Gasteiger partial charge >= 0.3 is 0 Å². The van der Waals surface area contributed by atoms with Crippen LogP contribution < -0.4 is 5.32 Å². The van der Waals surface area contributed by atoms with Crippen molar-refractivity contribution in [3.8, 4) is 0 Å². The first kappa shape index (κ1) is 14.5. The third-order valence-electron chi connectivity index (χ3n) is 3.55. The van der Waals surface area contributed by atoms with E-state index < -0.39 is 0 Å². The molecule has 1 saturated heterocycles. The molecule has 0 aliphatic carbocycles. The number of nitrogens with zero attached hydrogens (tertiary/aromatic N) is 1. The van der Waals surface area contributed by atoms with Crippen molar-refractivity contribution >= 4 is 21.8 Å². The Bertz CT molecular complexity index is 442. The van der Waals surface area contributed by atoms with E-state index in [0.29, 0.717) is 6.54 Å². The number of rotatable bonds is 4. The number of halogens is 1. The van der Waals surface area contributed by atoms with E-state index >= 15 is 0 Å². The Morgan fingerprint density at radius 2 is 2.05 bits per heavy atom. The second-order valence-electron chi connectivity index (χ2n) is 5.13. The Morgan fingerprint density at radius 1 is 1.32 bits per heavy atom. The molecule has 1 fully saturated rings. The highest BCUT2D eigenvalue weighted by Crippen LogP contribution is 2.17. The van der Waals surface area contributed by atoms with Gasteiger partial charge in [-0.2, -0.15) is 0 Å². The molecule has 1 N–H and O–H groups in total. The molecule has 1 aromatic rings. The summed E-state index contributed by atoms with van der Waals surface area (Å²) < 4.78 is 1.12. The molecule has 1 aliphatic rings. The van der Waals surface area contributed by atoms with Crippen LogP contribution in [0.3, 0.4) is 0 Å². The number of carbonyl (C=O) groups is 1. The van der Waals surface area contributed by atoms with E-state index in [-0.39, 0.29) is 5.91 Å². The molecule has 2 rings (SSSR count). The number of hydrogen-bond donors (Lipinski definition) is 1. The van der Waals surface area contributed by atoms with Gasteiger partial charge < -0.3 is 10.2 Å². The standard InChI is InChI=1S/C15H21BrN2O/c1-12-5-6-13(9-14(12)16)10-17-11-15(19)18-7-3-2-4-8-18/h5-6,9,17H,2-4,7-8,10-11H2,1H3. The van der Waals surface area contributed by atoms with Gasteiger partial charge in [-0.15, -0.1) is 0 Å². The minimum atomic E-state index is 0.228. The Morgan fingerprint density at radius 3 is 2.74 bits per heavy atom. The van der Waals surface area contributed by atoms with E-state index in [1.165, 1.54) is 17.5 Å². The molecule has 1 heterocycles. The molecule has 3 nitrogen and oxygen atoms in total. The van der Waals surface area contributed by atoms with Gasteiger partial charge in [-0.05, 0) is 43.4 Å². The fourth-order valence-electron chi connectivity index (χ4n) is 2.32. The van der Waals surface area contributed by atoms with Gasteiger partial charge in [0.2, 0.25) is 5.91 Å². The second-order valence-corrected chi connectivity index (χ2v) is 5.98. The van der Waals surface area contributed by atoms with Crippen LogP contribution in [0.15, 0.2) is 22.7 Å². The summed E-state index contributed by atoms with van der Waals surface area (Å²) in [6.45, 7) is 5.10. The van der Waals surface area contributed by atoms with Gasteiger partial charge in [0.1, 0.15) is 0 Å². The molecule has 0 radical (unpaired) electrons. The van der Waals surface area contributed by atoms with Crippen molar-refractivity contribution in [3.05, 3.63) is 33.8 Å². The van der Waals surface area contributed by atoms with Crippen LogP contribution in [0.25, 0.3) is 0 Å². The molecule has 1 aliphatic heterocycles. The zero-order valence-electron chi connectivity index (χ0n) is 11.4. The number of piperidine rings is 1. The lowest BCUT2D eigenvalue weighted by atomic mass is 10.1. The number of nitrogens with one attached hydrogen (secondary N) is 1. The minimum absolute atomic E-state index is 0.228. The maximum Gasteiger partial charge on any atom is 0.236 e. The van der Waals surface area contributed by atoms with Crippen molar-refractivity contribution in [1.82, 2.24) is 10.2 Å². The average Bonchev–Trinajstić information content (AvgIpc) is 2.43. The molecule has 0 aromatic heterocycles. The molecule has 0 saturated carbocycles. The average molecular weight is 325 g/mol. The van der Waals surface area contributed by atoms with E-state index in [2.05, 4.69) is 46.4 Å². The van der Waals surface area contributed by atoms with Crippen molar-refractivity contribution < 1.29 is 4.79 Å². The summed E-state index contributed by atoms with van der Waals surface area (Å²) in [5, 5.41) is 3.23. The number of aryl methyl sites for hydroxylation is 1. The van der Waals surface area contributed by atoms with Crippen LogP contribution in [-0.2, 0) is 11.3 Å². The summed E-state index contributed by atoms with van der Waals surface area (Å²) in [7, 11) is 0. The lowest BCUT2D eigenvalue weighted by Crippen LogP contribution is -2.40. The maximum atomic E-state index is 12.0. The highest BCUT2D eigenvalue weighted by Gasteiger charge is 2.15. The zero-order chi connectivity index (χ0) is 13.7. The largest absolute Gasteiger partial charge is 0.342 e. The molecule has 1 amide bonds. The van der Waals surface area contributed by atoms with Gasteiger partial charge in [-0.3, -0.25) is 4.79 Å². The van der Waals surface area contributed by atoms with Crippen molar-refractivity contribution in [1.29, 1.82) is 0 Å². The fraction of sp³-hybridized carbons (Fsp3) is 0.533. The Hall–Kier alpha value is -0.870. The predicted molar refractivity (Wildman–Crippen MR) is 81.0 cm³/mol. The minimum Gasteiger partial charge on any atom is -0.342 e. The molecule has 1 aromatic carbocycles. The van der Waals surface area contributed by atoms with Crippen LogP contribution in [0.4, 0.5) is 0 Å². The summed E-state index contributed by atoms with van der Waals surface area (Å²) in [6, 6.07) is 6.29. The smallest absolute Gasteiger partial charge is 0.236 e. The summed E-state index contributed by atoms with van der Waals surface area (Å²) in [6.07, 6.45) is 3.56. The molecule has 0 spiro atoms. The van der Waals surface area contributed by atoms with Gasteiger partial charge in [0.15, 0.2) is 0 Å². The van der Waals surface area contributed by atoms with Gasteiger partial charge in [0, 0.05) is 24.1 Å². The summed E-state index contributed by atoms with van der Waals surface area (Å²) in [5.74, 6) is 0.228. The van der Waals surface area contributed by atoms with Crippen LogP contribution >= 0.6 is 15.9 Å². The first-order chi connectivity index (χ1) is 9.16. The quantitative estimate of drug-likeness (QED) is 0.923. The first-order valence-corrected chi connectivity index (χ1v) is 7.69. The fourth-order valence-corrected chi connectivity index (χ4v) is 2.74. The monoisotopic (exact) mass is 324 g/mol. The van der Waals surface area contributed by atoms with E-state index in [4.69, 9.17) is 0 Å². The number of carbonyl (C=O) groups excluding carboxylic acids is 1. The van der Waals surface area contributed by atoms with Crippen LogP contribution in [0, 0.1) is 6.92 Å². The SMILES string of the molecule is Cc1ccc(CNCC(=O)N2CCCCC2)cc1Br. The lowest BCUT2D eigenvalue weighted by Gasteiger charge is -2.26. The molecule has 0 bridgehead atoms. The van der Waals surface area contributed by atoms with E-state index in [1.54, 1.807) is 0 Å². The predicted octanol–water partition coefficient (Wildman–Crippen LogP) is 2.86. The highest BCUT2D eigenvalue weighted by atomic mass is 79.9. The molecule has 19 heavy (non-hydrogen) atoms. The van der Waals surface area contributed by atoms with Crippen molar-refractivity contribution in [3.63, 3.8) is 0 Å². The zero-order valence-corrected chi connectivity index (χ0v) is 13.0. The van der Waals surface area contributed by atoms with Gasteiger partial charge in [0.05, 0.1) is 6.54 Å². The number of likely N-dealkylation sites (tertiary alicyclic amines) is 1. The van der Waals surface area contributed by atoms with Crippen molar-refractivity contribution in [2.24, 2.45) is 0 Å². The van der Waals surface area contributed by atoms with Crippen LogP contribution in [0.2, 0.25) is 0 Å². The van der Waals surface area contributed by atoms with Gasteiger partial charge in [-0.25, -0.2) is 0 Å². The van der Waals surface area contributed by atoms with E-state index in [1.807, 2.05) is 4.90 Å². The molecular weight excluding hydrogens is 304 g/mol. The second kappa shape index (κ2) is 7.06. The normalized spacial score (nSPS) is 15.6. The molecular formula is C15H21BrN2O. The number of benzene rings is 1. The van der Waals surface area contributed by atoms with Crippen LogP contribution in [0.5, 0.6) is 0 Å². The van der Waals surface area contributed by atoms with Gasteiger partial charge in [0.25, 0.3) is 0 Å². The van der Waals surface area contributed by atoms with E-state index in [9.17, 15) is 4.79 Å².